The molecule has 0 fully saturated rings. The van der Waals surface area contributed by atoms with Gasteiger partial charge < -0.3 is 5.11 Å². The molecule has 0 amide bonds. The zero-order chi connectivity index (χ0) is 13.7. The zero-order valence-corrected chi connectivity index (χ0v) is 10.8. The maximum absolute atomic E-state index is 11.6. The Morgan fingerprint density at radius 2 is 1.58 bits per heavy atom. The summed E-state index contributed by atoms with van der Waals surface area (Å²) in [6.07, 6.45) is 0. The van der Waals surface area contributed by atoms with Crippen LogP contribution in [-0.2, 0) is 16.9 Å². The van der Waals surface area contributed by atoms with Crippen molar-refractivity contribution in [2.24, 2.45) is 0 Å². The monoisotopic (exact) mass is 255 g/mol. The maximum atomic E-state index is 11.6. The van der Waals surface area contributed by atoms with E-state index in [-0.39, 0.29) is 0 Å². The molecule has 0 bridgehead atoms. The van der Waals surface area contributed by atoms with Crippen molar-refractivity contribution in [3.63, 3.8) is 0 Å². The van der Waals surface area contributed by atoms with Gasteiger partial charge in [-0.1, -0.05) is 60.7 Å². The van der Waals surface area contributed by atoms with Crippen LogP contribution in [0.4, 0.5) is 0 Å². The van der Waals surface area contributed by atoms with Crippen molar-refractivity contribution in [1.29, 1.82) is 0 Å². The molecular weight excluding hydrogens is 238 g/mol. The molecule has 0 aliphatic heterocycles. The molecular formula is C16H17NO2. The second-order valence-electron chi connectivity index (χ2n) is 4.64. The Hall–Kier alpha value is -2.13. The van der Waals surface area contributed by atoms with Gasteiger partial charge in [0.1, 0.15) is 5.54 Å². The topological polar surface area (TPSA) is 49.3 Å². The number of rotatable bonds is 5. The second-order valence-corrected chi connectivity index (χ2v) is 4.64. The van der Waals surface area contributed by atoms with Crippen LogP contribution in [0.2, 0.25) is 0 Å². The normalized spacial score (nSPS) is 13.7. The highest BCUT2D eigenvalue weighted by atomic mass is 16.4. The van der Waals surface area contributed by atoms with E-state index in [1.807, 2.05) is 60.7 Å². The Balaban J connectivity index is 2.19. The van der Waals surface area contributed by atoms with Gasteiger partial charge in [-0.3, -0.25) is 5.32 Å². The van der Waals surface area contributed by atoms with E-state index >= 15 is 0 Å². The largest absolute Gasteiger partial charge is 0.480 e. The summed E-state index contributed by atoms with van der Waals surface area (Å²) in [5.74, 6) is -0.880. The van der Waals surface area contributed by atoms with Crippen LogP contribution in [0.15, 0.2) is 60.7 Å². The highest BCUT2D eigenvalue weighted by Crippen LogP contribution is 2.21. The van der Waals surface area contributed by atoms with Gasteiger partial charge in [0, 0.05) is 6.54 Å². The lowest BCUT2D eigenvalue weighted by molar-refractivity contribution is -0.144. The molecule has 2 aromatic rings. The number of nitrogens with one attached hydrogen (secondary N) is 1. The van der Waals surface area contributed by atoms with E-state index in [2.05, 4.69) is 5.32 Å². The number of benzene rings is 2. The summed E-state index contributed by atoms with van der Waals surface area (Å²) in [6, 6.07) is 19.0. The molecule has 0 saturated carbocycles. The van der Waals surface area contributed by atoms with Crippen molar-refractivity contribution in [3.8, 4) is 0 Å². The highest BCUT2D eigenvalue weighted by Gasteiger charge is 2.34. The van der Waals surface area contributed by atoms with Crippen molar-refractivity contribution in [1.82, 2.24) is 5.32 Å². The van der Waals surface area contributed by atoms with Crippen LogP contribution in [0.25, 0.3) is 0 Å². The first-order chi connectivity index (χ1) is 9.13. The molecule has 3 nitrogen and oxygen atoms in total. The first-order valence-corrected chi connectivity index (χ1v) is 6.21. The minimum atomic E-state index is -1.09. The van der Waals surface area contributed by atoms with Crippen molar-refractivity contribution in [2.45, 2.75) is 19.0 Å². The van der Waals surface area contributed by atoms with Crippen LogP contribution in [0, 0.1) is 0 Å². The van der Waals surface area contributed by atoms with E-state index in [1.165, 1.54) is 0 Å². The van der Waals surface area contributed by atoms with Crippen LogP contribution in [0.3, 0.4) is 0 Å². The molecule has 2 N–H and O–H groups in total. The summed E-state index contributed by atoms with van der Waals surface area (Å²) < 4.78 is 0. The fraction of sp³-hybridized carbons (Fsp3) is 0.188. The van der Waals surface area contributed by atoms with Gasteiger partial charge in [-0.05, 0) is 18.1 Å². The van der Waals surface area contributed by atoms with Gasteiger partial charge in [-0.25, -0.2) is 4.79 Å². The highest BCUT2D eigenvalue weighted by molar-refractivity contribution is 5.80. The molecule has 98 valence electrons. The summed E-state index contributed by atoms with van der Waals surface area (Å²) in [4.78, 5) is 11.6. The van der Waals surface area contributed by atoms with Crippen LogP contribution in [0.1, 0.15) is 18.1 Å². The van der Waals surface area contributed by atoms with E-state index in [4.69, 9.17) is 0 Å². The number of carbonyl (C=O) groups is 1. The minimum absolute atomic E-state index is 0.512. The Morgan fingerprint density at radius 3 is 2.11 bits per heavy atom. The Kier molecular flexibility index (Phi) is 3.97. The molecule has 0 unspecified atom stereocenters. The average molecular weight is 255 g/mol. The number of carboxylic acids is 1. The first-order valence-electron chi connectivity index (χ1n) is 6.21. The lowest BCUT2D eigenvalue weighted by atomic mass is 9.92. The Bertz CT molecular complexity index is 539. The standard InChI is InChI=1S/C16H17NO2/c1-16(15(18)19,14-10-6-3-7-11-14)17-12-13-8-4-2-5-9-13/h2-11,17H,12H2,1H3,(H,18,19)/t16-/m1/s1. The number of hydrogen-bond acceptors (Lipinski definition) is 2. The zero-order valence-electron chi connectivity index (χ0n) is 10.8. The predicted molar refractivity (Wildman–Crippen MR) is 74.7 cm³/mol. The number of carboxylic acid groups (broad SMARTS) is 1. The van der Waals surface area contributed by atoms with Crippen molar-refractivity contribution in [3.05, 3.63) is 71.8 Å². The van der Waals surface area contributed by atoms with E-state index in [1.54, 1.807) is 6.92 Å². The van der Waals surface area contributed by atoms with Crippen molar-refractivity contribution >= 4 is 5.97 Å². The SMILES string of the molecule is C[C@](NCc1ccccc1)(C(=O)O)c1ccccc1. The van der Waals surface area contributed by atoms with E-state index in [9.17, 15) is 9.90 Å². The molecule has 3 heteroatoms. The third-order valence-electron chi connectivity index (χ3n) is 3.27. The smallest absolute Gasteiger partial charge is 0.328 e. The van der Waals surface area contributed by atoms with Gasteiger partial charge in [0.2, 0.25) is 0 Å². The number of hydrogen-bond donors (Lipinski definition) is 2. The molecule has 0 aliphatic rings. The Labute approximate surface area is 112 Å². The summed E-state index contributed by atoms with van der Waals surface area (Å²) in [5, 5.41) is 12.6. The fourth-order valence-electron chi connectivity index (χ4n) is 1.95. The first kappa shape index (κ1) is 13.3. The third kappa shape index (κ3) is 3.01. The summed E-state index contributed by atoms with van der Waals surface area (Å²) in [5.41, 5.74) is 0.723. The molecule has 0 radical (unpaired) electrons. The van der Waals surface area contributed by atoms with Gasteiger partial charge in [-0.2, -0.15) is 0 Å². The molecule has 0 spiro atoms. The molecule has 0 aromatic heterocycles. The molecule has 0 heterocycles. The lowest BCUT2D eigenvalue weighted by Gasteiger charge is -2.27. The quantitative estimate of drug-likeness (QED) is 0.863. The average Bonchev–Trinajstić information content (AvgIpc) is 2.46. The van der Waals surface area contributed by atoms with E-state index in [0.717, 1.165) is 11.1 Å². The lowest BCUT2D eigenvalue weighted by Crippen LogP contribution is -2.46. The van der Waals surface area contributed by atoms with Crippen LogP contribution < -0.4 is 5.32 Å². The molecule has 0 saturated heterocycles. The summed E-state index contributed by atoms with van der Waals surface area (Å²) in [6.45, 7) is 2.20. The van der Waals surface area contributed by atoms with Gasteiger partial charge >= 0.3 is 5.97 Å². The molecule has 19 heavy (non-hydrogen) atoms. The van der Waals surface area contributed by atoms with Gasteiger partial charge in [0.15, 0.2) is 0 Å². The molecule has 0 aliphatic carbocycles. The van der Waals surface area contributed by atoms with Gasteiger partial charge in [0.25, 0.3) is 0 Å². The second kappa shape index (κ2) is 5.67. The third-order valence-corrected chi connectivity index (χ3v) is 3.27. The van der Waals surface area contributed by atoms with E-state index in [0.29, 0.717) is 6.54 Å². The summed E-state index contributed by atoms with van der Waals surface area (Å²) in [7, 11) is 0. The van der Waals surface area contributed by atoms with Crippen molar-refractivity contribution in [2.75, 3.05) is 0 Å². The molecule has 1 atom stereocenters. The van der Waals surface area contributed by atoms with Gasteiger partial charge in [0.05, 0.1) is 0 Å². The van der Waals surface area contributed by atoms with Crippen LogP contribution in [-0.4, -0.2) is 11.1 Å². The summed E-state index contributed by atoms with van der Waals surface area (Å²) >= 11 is 0. The maximum Gasteiger partial charge on any atom is 0.328 e. The van der Waals surface area contributed by atoms with Crippen LogP contribution in [0.5, 0.6) is 0 Å². The molecule has 2 rings (SSSR count). The van der Waals surface area contributed by atoms with Gasteiger partial charge in [-0.15, -0.1) is 0 Å². The van der Waals surface area contributed by atoms with Crippen molar-refractivity contribution < 1.29 is 9.90 Å². The Morgan fingerprint density at radius 1 is 1.05 bits per heavy atom. The van der Waals surface area contributed by atoms with E-state index < -0.39 is 11.5 Å². The minimum Gasteiger partial charge on any atom is -0.480 e. The predicted octanol–water partition coefficient (Wildman–Crippen LogP) is 2.78. The van der Waals surface area contributed by atoms with Crippen LogP contribution >= 0.6 is 0 Å². The number of aliphatic carboxylic acids is 1. The molecule has 2 aromatic carbocycles. The fourth-order valence-corrected chi connectivity index (χ4v) is 1.95.